The molecular formula is C51H79O14P. The van der Waals surface area contributed by atoms with Gasteiger partial charge >= 0.3 is 19.8 Å². The van der Waals surface area contributed by atoms with Gasteiger partial charge in [0.05, 0.1) is 12.7 Å². The molecule has 4 unspecified atom stereocenters. The second kappa shape index (κ2) is 39.2. The van der Waals surface area contributed by atoms with E-state index in [2.05, 4.69) is 105 Å². The summed E-state index contributed by atoms with van der Waals surface area (Å²) in [5.41, 5.74) is 0. The van der Waals surface area contributed by atoms with Crippen molar-refractivity contribution in [2.24, 2.45) is 0 Å². The lowest BCUT2D eigenvalue weighted by molar-refractivity contribution is -0.220. The first-order valence-corrected chi connectivity index (χ1v) is 24.9. The molecule has 1 fully saturated rings. The van der Waals surface area contributed by atoms with Gasteiger partial charge in [-0.25, -0.2) is 4.57 Å². The molecule has 1 rings (SSSR count). The number of carbonyl (C=O) groups excluding carboxylic acids is 2. The van der Waals surface area contributed by atoms with E-state index in [1.54, 1.807) is 12.2 Å². The van der Waals surface area contributed by atoms with Gasteiger partial charge < -0.3 is 45.0 Å². The van der Waals surface area contributed by atoms with Gasteiger partial charge in [0.2, 0.25) is 0 Å². The van der Waals surface area contributed by atoms with E-state index in [9.17, 15) is 49.7 Å². The predicted octanol–water partition coefficient (Wildman–Crippen LogP) is 8.36. The monoisotopic (exact) mass is 947 g/mol. The molecule has 0 saturated heterocycles. The van der Waals surface area contributed by atoms with Gasteiger partial charge in [0.1, 0.15) is 43.2 Å². The minimum absolute atomic E-state index is 0.0106. The van der Waals surface area contributed by atoms with Crippen LogP contribution in [0.2, 0.25) is 0 Å². The van der Waals surface area contributed by atoms with Crippen LogP contribution in [0, 0.1) is 0 Å². The van der Waals surface area contributed by atoms with Gasteiger partial charge in [-0.15, -0.1) is 0 Å². The Morgan fingerprint density at radius 3 is 1.52 bits per heavy atom. The maximum atomic E-state index is 12.8. The van der Waals surface area contributed by atoms with Crippen LogP contribution in [0.4, 0.5) is 0 Å². The van der Waals surface area contributed by atoms with Gasteiger partial charge in [-0.05, 0) is 83.5 Å². The van der Waals surface area contributed by atoms with Gasteiger partial charge in [-0.3, -0.25) is 18.6 Å². The predicted molar refractivity (Wildman–Crippen MR) is 259 cm³/mol. The smallest absolute Gasteiger partial charge is 0.462 e. The van der Waals surface area contributed by atoms with Crippen LogP contribution >= 0.6 is 7.82 Å². The summed E-state index contributed by atoms with van der Waals surface area (Å²) in [7, 11) is -5.19. The highest BCUT2D eigenvalue weighted by Gasteiger charge is 2.51. The molecule has 0 aliphatic heterocycles. The Morgan fingerprint density at radius 1 is 0.545 bits per heavy atom. The van der Waals surface area contributed by atoms with Gasteiger partial charge in [-0.2, -0.15) is 0 Å². The molecule has 0 amide bonds. The van der Waals surface area contributed by atoms with E-state index in [-0.39, 0.29) is 19.3 Å². The van der Waals surface area contributed by atoms with E-state index >= 15 is 0 Å². The quantitative estimate of drug-likeness (QED) is 0.0103. The van der Waals surface area contributed by atoms with Gasteiger partial charge in [0.25, 0.3) is 0 Å². The normalized spacial score (nSPS) is 22.9. The molecule has 9 atom stereocenters. The number of esters is 2. The van der Waals surface area contributed by atoms with Crippen molar-refractivity contribution in [3.63, 3.8) is 0 Å². The fraction of sp³-hybridized carbons (Fsp3) is 0.569. The summed E-state index contributed by atoms with van der Waals surface area (Å²) < 4.78 is 33.3. The van der Waals surface area contributed by atoms with Crippen LogP contribution in [0.1, 0.15) is 123 Å². The number of rotatable bonds is 36. The average molecular weight is 947 g/mol. The first-order chi connectivity index (χ1) is 31.8. The van der Waals surface area contributed by atoms with Crippen LogP contribution in [0.25, 0.3) is 0 Å². The van der Waals surface area contributed by atoms with E-state index in [1.807, 2.05) is 12.2 Å². The zero-order valence-electron chi connectivity index (χ0n) is 39.0. The summed E-state index contributed by atoms with van der Waals surface area (Å²) in [5.74, 6) is -1.42. The molecule has 0 radical (unpaired) electrons. The maximum absolute atomic E-state index is 12.8. The molecule has 0 bridgehead atoms. The fourth-order valence-corrected chi connectivity index (χ4v) is 7.12. The number of phosphoric ester groups is 1. The number of hydrogen-bond acceptors (Lipinski definition) is 13. The Labute approximate surface area is 393 Å². The summed E-state index contributed by atoms with van der Waals surface area (Å²) in [6.45, 7) is 2.82. The van der Waals surface area contributed by atoms with Crippen molar-refractivity contribution in [3.05, 3.63) is 122 Å². The van der Waals surface area contributed by atoms with Crippen LogP contribution in [0.3, 0.4) is 0 Å². The van der Waals surface area contributed by atoms with Gasteiger partial charge in [0.15, 0.2) is 6.10 Å². The standard InChI is InChI=1S/C51H79O14P/c1-3-5-7-9-11-13-15-17-19-21-23-25-27-29-31-33-35-37-45(54)64-43(41-63-66(60,61)65-51-49(58)47(56)46(55)48(57)50(51)59)40-62-44(53)39-38-42(52)36-34-32-30-28-26-24-22-20-18-16-14-12-10-8-6-4-2/h5-8,11-14,17-20,23-26,30,32,34,36,42-43,46-52,55-59H,3-4,9-10,15-16,21-22,27-29,31,33,35,37-41H2,1-2H3,(H,60,61)/b7-5-,8-6-,13-11-,14-12-,19-17-,20-18-,25-23-,26-24-,32-30-,36-34-/t42?,43-,46?,47-,48+,49-,50-,51?/m1/s1. The lowest BCUT2D eigenvalue weighted by atomic mass is 9.85. The number of aliphatic hydroxyl groups excluding tert-OH is 6. The number of allylic oxidation sites excluding steroid dienone is 19. The molecule has 1 aliphatic rings. The Morgan fingerprint density at radius 2 is 1.00 bits per heavy atom. The van der Waals surface area contributed by atoms with Crippen molar-refractivity contribution in [1.29, 1.82) is 0 Å². The van der Waals surface area contributed by atoms with Crippen LogP contribution in [0.5, 0.6) is 0 Å². The third-order valence-electron chi connectivity index (χ3n) is 9.92. The molecule has 1 saturated carbocycles. The highest BCUT2D eigenvalue weighted by atomic mass is 31.2. The third-order valence-corrected chi connectivity index (χ3v) is 10.9. The molecule has 66 heavy (non-hydrogen) atoms. The third kappa shape index (κ3) is 31.2. The van der Waals surface area contributed by atoms with Crippen molar-refractivity contribution in [2.75, 3.05) is 13.2 Å². The van der Waals surface area contributed by atoms with Crippen LogP contribution in [-0.2, 0) is 32.7 Å². The lowest BCUT2D eigenvalue weighted by Crippen LogP contribution is -2.64. The topological polar surface area (TPSA) is 230 Å². The zero-order chi connectivity index (χ0) is 48.7. The van der Waals surface area contributed by atoms with Crippen molar-refractivity contribution >= 4 is 19.8 Å². The number of unbranched alkanes of at least 4 members (excludes halogenated alkanes) is 4. The second-order valence-electron chi connectivity index (χ2n) is 15.7. The Kier molecular flexibility index (Phi) is 35.8. The van der Waals surface area contributed by atoms with Crippen LogP contribution < -0.4 is 0 Å². The molecule has 0 aromatic carbocycles. The van der Waals surface area contributed by atoms with E-state index in [4.69, 9.17) is 18.5 Å². The van der Waals surface area contributed by atoms with E-state index in [0.29, 0.717) is 12.8 Å². The molecule has 1 aliphatic carbocycles. The number of aliphatic hydroxyl groups is 6. The molecule has 7 N–H and O–H groups in total. The lowest BCUT2D eigenvalue weighted by Gasteiger charge is -2.41. The fourth-order valence-electron chi connectivity index (χ4n) is 6.15. The summed E-state index contributed by atoms with van der Waals surface area (Å²) in [6.07, 6.45) is 38.5. The molecule has 0 aromatic rings. The highest BCUT2D eigenvalue weighted by molar-refractivity contribution is 7.47. The Bertz CT molecular complexity index is 1630. The number of carbonyl (C=O) groups is 2. The first kappa shape index (κ1) is 60.2. The van der Waals surface area contributed by atoms with E-state index < -0.39 is 81.8 Å². The van der Waals surface area contributed by atoms with Crippen molar-refractivity contribution in [3.8, 4) is 0 Å². The molecule has 0 spiro atoms. The zero-order valence-corrected chi connectivity index (χ0v) is 39.9. The Balaban J connectivity index is 2.59. The first-order valence-electron chi connectivity index (χ1n) is 23.4. The van der Waals surface area contributed by atoms with Crippen molar-refractivity contribution in [2.45, 2.75) is 172 Å². The SMILES string of the molecule is CC/C=C\C/C=C\C/C=C\C/C=C\C/C=C\C=C/C(O)CCC(=O)OC[C@H](COP(=O)(O)OC1[C@H](O)[C@H](O)C(O)[C@H](O)[C@H]1O)OC(=O)CCCCCC/C=C\C/C=C\C/C=C\C/C=C\CC. The van der Waals surface area contributed by atoms with E-state index in [0.717, 1.165) is 77.0 Å². The van der Waals surface area contributed by atoms with Crippen molar-refractivity contribution in [1.82, 2.24) is 0 Å². The number of hydrogen-bond donors (Lipinski definition) is 7. The summed E-state index contributed by atoms with van der Waals surface area (Å²) in [6, 6.07) is 0. The van der Waals surface area contributed by atoms with E-state index in [1.165, 1.54) is 6.08 Å². The van der Waals surface area contributed by atoms with Crippen LogP contribution in [-0.4, -0.2) is 110 Å². The number of ether oxygens (including phenoxy) is 2. The summed E-state index contributed by atoms with van der Waals surface area (Å²) in [4.78, 5) is 35.8. The highest BCUT2D eigenvalue weighted by Crippen LogP contribution is 2.47. The molecule has 372 valence electrons. The molecule has 0 aromatic heterocycles. The molecule has 0 heterocycles. The second-order valence-corrected chi connectivity index (χ2v) is 17.1. The average Bonchev–Trinajstić information content (AvgIpc) is 3.30. The summed E-state index contributed by atoms with van der Waals surface area (Å²) >= 11 is 0. The largest absolute Gasteiger partial charge is 0.472 e. The van der Waals surface area contributed by atoms with Crippen LogP contribution in [0.15, 0.2) is 122 Å². The minimum atomic E-state index is -5.19. The van der Waals surface area contributed by atoms with Gasteiger partial charge in [-0.1, -0.05) is 148 Å². The molecular weight excluding hydrogens is 868 g/mol. The molecule has 15 heteroatoms. The maximum Gasteiger partial charge on any atom is 0.472 e. The minimum Gasteiger partial charge on any atom is -0.462 e. The van der Waals surface area contributed by atoms with Crippen molar-refractivity contribution < 1.29 is 68.2 Å². The Hall–Kier alpha value is -3.79. The van der Waals surface area contributed by atoms with Gasteiger partial charge in [0, 0.05) is 12.8 Å². The number of phosphoric acid groups is 1. The molecule has 14 nitrogen and oxygen atoms in total. The summed E-state index contributed by atoms with van der Waals surface area (Å²) in [5, 5.41) is 60.5.